The van der Waals surface area contributed by atoms with Gasteiger partial charge >= 0.3 is 0 Å². The number of aromatic nitrogens is 3. The molecule has 0 bridgehead atoms. The monoisotopic (exact) mass is 400 g/mol. The van der Waals surface area contributed by atoms with Crippen molar-refractivity contribution in [3.8, 4) is 0 Å². The first-order valence-electron chi connectivity index (χ1n) is 8.98. The number of pyridine rings is 3. The van der Waals surface area contributed by atoms with E-state index in [9.17, 15) is 14.4 Å². The van der Waals surface area contributed by atoms with Crippen molar-refractivity contribution in [1.29, 1.82) is 0 Å². The Bertz CT molecular complexity index is 1150. The summed E-state index contributed by atoms with van der Waals surface area (Å²) in [4.78, 5) is 46.6. The highest BCUT2D eigenvalue weighted by Crippen LogP contribution is 2.24. The number of hydrogen-bond donors (Lipinski definition) is 1. The maximum Gasteiger partial charge on any atom is 0.150 e. The maximum absolute atomic E-state index is 11.2. The van der Waals surface area contributed by atoms with E-state index in [0.717, 1.165) is 24.4 Å². The fourth-order valence-electron chi connectivity index (χ4n) is 2.95. The predicted molar refractivity (Wildman–Crippen MR) is 110 cm³/mol. The van der Waals surface area contributed by atoms with Gasteiger partial charge in [-0.3, -0.25) is 24.4 Å². The molecule has 0 saturated heterocycles. The van der Waals surface area contributed by atoms with E-state index in [1.165, 1.54) is 6.20 Å². The highest BCUT2D eigenvalue weighted by atomic mass is 16.1. The van der Waals surface area contributed by atoms with Gasteiger partial charge in [-0.1, -0.05) is 0 Å². The minimum absolute atomic E-state index is 0.356. The third kappa shape index (κ3) is 3.96. The number of hydrogen-bond acceptors (Lipinski definition) is 9. The lowest BCUT2D eigenvalue weighted by Crippen LogP contribution is -2.52. The van der Waals surface area contributed by atoms with Gasteiger partial charge < -0.3 is 0 Å². The highest BCUT2D eigenvalue weighted by molar-refractivity contribution is 5.80. The van der Waals surface area contributed by atoms with Gasteiger partial charge in [-0.15, -0.1) is 5.53 Å². The molecule has 0 spiro atoms. The Hall–Kier alpha value is -4.24. The van der Waals surface area contributed by atoms with E-state index >= 15 is 0 Å². The van der Waals surface area contributed by atoms with Crippen LogP contribution in [0.4, 0.5) is 11.6 Å². The number of aldehydes is 3. The van der Waals surface area contributed by atoms with Gasteiger partial charge in [-0.25, -0.2) is 15.0 Å². The zero-order valence-corrected chi connectivity index (χ0v) is 15.7. The summed E-state index contributed by atoms with van der Waals surface area (Å²) < 4.78 is 0. The Morgan fingerprint density at radius 2 is 1.33 bits per heavy atom. The second kappa shape index (κ2) is 8.41. The molecule has 0 aromatic carbocycles. The van der Waals surface area contributed by atoms with Crippen molar-refractivity contribution in [3.63, 3.8) is 0 Å². The normalized spacial score (nSPS) is 13.5. The molecule has 9 nitrogen and oxygen atoms in total. The van der Waals surface area contributed by atoms with Crippen LogP contribution < -0.4 is 15.6 Å². The molecule has 1 aliphatic rings. The molecule has 3 aromatic rings. The third-order valence-electron chi connectivity index (χ3n) is 4.43. The molecule has 0 atom stereocenters. The lowest BCUT2D eigenvalue weighted by Gasteiger charge is -2.36. The van der Waals surface area contributed by atoms with Gasteiger partial charge in [0.25, 0.3) is 0 Å². The molecule has 0 fully saturated rings. The Morgan fingerprint density at radius 3 is 2.00 bits per heavy atom. The minimum atomic E-state index is 0.356. The van der Waals surface area contributed by atoms with Crippen molar-refractivity contribution in [2.24, 2.45) is 0 Å². The van der Waals surface area contributed by atoms with Crippen LogP contribution in [0, 0.1) is 0 Å². The van der Waals surface area contributed by atoms with Gasteiger partial charge in [0.1, 0.15) is 30.5 Å². The number of hydrazine groups is 2. The zero-order valence-electron chi connectivity index (χ0n) is 15.7. The number of carbonyl (C=O) groups is 3. The maximum atomic E-state index is 11.2. The lowest BCUT2D eigenvalue weighted by atomic mass is 10.1. The Kier molecular flexibility index (Phi) is 5.35. The summed E-state index contributed by atoms with van der Waals surface area (Å²) >= 11 is 0. The number of nitrogens with zero attached hydrogens (tertiary/aromatic N) is 5. The third-order valence-corrected chi connectivity index (χ3v) is 4.43. The minimum Gasteiger partial charge on any atom is -0.298 e. The van der Waals surface area contributed by atoms with Gasteiger partial charge in [-0.05, 0) is 36.4 Å². The van der Waals surface area contributed by atoms with E-state index in [-0.39, 0.29) is 0 Å². The predicted octanol–water partition coefficient (Wildman–Crippen LogP) is 2.10. The van der Waals surface area contributed by atoms with Crippen LogP contribution in [-0.2, 0) is 0 Å². The first kappa shape index (κ1) is 19.1. The van der Waals surface area contributed by atoms with E-state index in [4.69, 9.17) is 0 Å². The van der Waals surface area contributed by atoms with Gasteiger partial charge in [0.15, 0.2) is 0 Å². The van der Waals surface area contributed by atoms with Gasteiger partial charge in [-0.2, -0.15) is 0 Å². The molecule has 148 valence electrons. The molecule has 0 radical (unpaired) electrons. The standard InChI is InChI=1S/C21H16N6O3/c28-12-15-1-4-22-19(7-15)18-10-26(20-8-16(13-29)2-5-23-20)25-27(11-18)21-9-17(14-30)3-6-24-21/h1-10,12-14,25H,11H2. The summed E-state index contributed by atoms with van der Waals surface area (Å²) in [6.45, 7) is 0.356. The first-order chi connectivity index (χ1) is 14.7. The fraction of sp³-hybridized carbons (Fsp3) is 0.0476. The SMILES string of the molecule is O=Cc1ccnc(C2=CN(c3cc(C=O)ccn3)NN(c3cc(C=O)ccn3)C2)c1. The summed E-state index contributed by atoms with van der Waals surface area (Å²) in [5.41, 5.74) is 5.98. The number of anilines is 2. The largest absolute Gasteiger partial charge is 0.298 e. The lowest BCUT2D eigenvalue weighted by molar-refractivity contribution is 0.111. The number of rotatable bonds is 6. The molecule has 0 aliphatic carbocycles. The molecule has 0 saturated carbocycles. The zero-order chi connectivity index (χ0) is 20.9. The molecular formula is C21H16N6O3. The van der Waals surface area contributed by atoms with Gasteiger partial charge in [0.2, 0.25) is 0 Å². The summed E-state index contributed by atoms with van der Waals surface area (Å²) in [7, 11) is 0. The van der Waals surface area contributed by atoms with Crippen LogP contribution in [0.15, 0.2) is 61.2 Å². The number of nitrogens with one attached hydrogen (secondary N) is 1. The van der Waals surface area contributed by atoms with Crippen molar-refractivity contribution >= 4 is 36.1 Å². The fourth-order valence-corrected chi connectivity index (χ4v) is 2.95. The van der Waals surface area contributed by atoms with Crippen LogP contribution in [-0.4, -0.2) is 40.4 Å². The second-order valence-corrected chi connectivity index (χ2v) is 6.43. The smallest absolute Gasteiger partial charge is 0.150 e. The Labute approximate surface area is 171 Å². The molecule has 1 N–H and O–H groups in total. The van der Waals surface area contributed by atoms with Crippen LogP contribution in [0.1, 0.15) is 36.8 Å². The summed E-state index contributed by atoms with van der Waals surface area (Å²) in [5, 5.41) is 3.34. The van der Waals surface area contributed by atoms with E-state index in [1.807, 2.05) is 0 Å². The van der Waals surface area contributed by atoms with Crippen molar-refractivity contribution < 1.29 is 14.4 Å². The second-order valence-electron chi connectivity index (χ2n) is 6.43. The van der Waals surface area contributed by atoms with E-state index in [0.29, 0.717) is 40.6 Å². The molecule has 0 unspecified atom stereocenters. The molecule has 4 rings (SSSR count). The average molecular weight is 400 g/mol. The molecule has 9 heteroatoms. The molecule has 3 aromatic heterocycles. The molecular weight excluding hydrogens is 384 g/mol. The average Bonchev–Trinajstić information content (AvgIpc) is 2.83. The summed E-state index contributed by atoms with van der Waals surface area (Å²) in [5.74, 6) is 0.980. The van der Waals surface area contributed by atoms with Crippen LogP contribution in [0.2, 0.25) is 0 Å². The van der Waals surface area contributed by atoms with Crippen molar-refractivity contribution in [2.45, 2.75) is 0 Å². The quantitative estimate of drug-likeness (QED) is 0.622. The van der Waals surface area contributed by atoms with Crippen molar-refractivity contribution in [1.82, 2.24) is 20.5 Å². The summed E-state index contributed by atoms with van der Waals surface area (Å²) in [6.07, 6.45) is 8.66. The highest BCUT2D eigenvalue weighted by Gasteiger charge is 2.23. The Morgan fingerprint density at radius 1 is 0.767 bits per heavy atom. The topological polar surface area (TPSA) is 108 Å². The Balaban J connectivity index is 1.77. The van der Waals surface area contributed by atoms with Crippen LogP contribution in [0.25, 0.3) is 5.57 Å². The number of carbonyl (C=O) groups excluding carboxylic acids is 3. The van der Waals surface area contributed by atoms with Crippen LogP contribution in [0.5, 0.6) is 0 Å². The van der Waals surface area contributed by atoms with E-state index in [1.54, 1.807) is 65.0 Å². The first-order valence-corrected chi connectivity index (χ1v) is 8.98. The van der Waals surface area contributed by atoms with Crippen molar-refractivity contribution in [2.75, 3.05) is 16.6 Å². The van der Waals surface area contributed by atoms with Gasteiger partial charge in [0.05, 0.1) is 12.2 Å². The molecule has 4 heterocycles. The van der Waals surface area contributed by atoms with Gasteiger partial charge in [0, 0.05) is 47.1 Å². The van der Waals surface area contributed by atoms with Crippen molar-refractivity contribution in [3.05, 3.63) is 83.6 Å². The van der Waals surface area contributed by atoms with E-state index < -0.39 is 0 Å². The molecule has 30 heavy (non-hydrogen) atoms. The molecule has 0 amide bonds. The van der Waals surface area contributed by atoms with Crippen LogP contribution in [0.3, 0.4) is 0 Å². The molecule has 1 aliphatic heterocycles. The van der Waals surface area contributed by atoms with E-state index in [2.05, 4.69) is 20.5 Å². The summed E-state index contributed by atoms with van der Waals surface area (Å²) in [6, 6.07) is 9.79. The van der Waals surface area contributed by atoms with Crippen LogP contribution >= 0.6 is 0 Å².